The summed E-state index contributed by atoms with van der Waals surface area (Å²) in [6, 6.07) is 0. The number of carboxylic acids is 2. The molecule has 1 heterocycles. The summed E-state index contributed by atoms with van der Waals surface area (Å²) in [5, 5.41) is 19.7. The number of nitrogens with one attached hydrogen (secondary N) is 2. The zero-order valence-electron chi connectivity index (χ0n) is 18.6. The topological polar surface area (TPSA) is 228 Å². The fraction of sp³-hybridized carbons (Fsp3) is 0.294. The van der Waals surface area contributed by atoms with Gasteiger partial charge in [-0.15, -0.1) is 0 Å². The Morgan fingerprint density at radius 3 is 1.37 bits per heavy atom. The summed E-state index contributed by atoms with van der Waals surface area (Å²) >= 11 is 0. The van der Waals surface area contributed by atoms with E-state index in [1.165, 1.54) is 26.7 Å². The maximum atomic E-state index is 11.9. The zero-order valence-corrected chi connectivity index (χ0v) is 24.3. The van der Waals surface area contributed by atoms with Crippen molar-refractivity contribution < 1.29 is 99.6 Å². The van der Waals surface area contributed by atoms with Crippen LogP contribution in [-0.4, -0.2) is 54.8 Å². The predicted molar refractivity (Wildman–Crippen MR) is 110 cm³/mol. The van der Waals surface area contributed by atoms with Gasteiger partial charge in [0, 0.05) is 76.6 Å². The summed E-state index contributed by atoms with van der Waals surface area (Å²) in [4.78, 5) is 88.3. The fourth-order valence-corrected chi connectivity index (χ4v) is 1.40. The van der Waals surface area contributed by atoms with Crippen LogP contribution >= 0.6 is 0 Å². The van der Waals surface area contributed by atoms with Gasteiger partial charge >= 0.3 is 29.0 Å². The molecule has 2 radical (unpaired) electrons. The molecule has 0 aliphatic rings. The molecule has 1 rings (SSSR count). The molecule has 0 saturated carbocycles. The quantitative estimate of drug-likeness (QED) is 0.0662. The van der Waals surface area contributed by atoms with Gasteiger partial charge in [-0.05, 0) is 13.8 Å². The third-order valence-electron chi connectivity index (χ3n) is 3.01. The van der Waals surface area contributed by atoms with Gasteiger partial charge in [0.15, 0.2) is 0 Å². The smallest absolute Gasteiger partial charge is 0.339 e. The minimum atomic E-state index is -1.10. The second-order valence-electron chi connectivity index (χ2n) is 5.57. The first-order chi connectivity index (χ1) is 15.4. The Labute approximate surface area is 247 Å². The Morgan fingerprint density at radius 2 is 1.14 bits per heavy atom. The summed E-state index contributed by atoms with van der Waals surface area (Å²) in [5.74, 6) is -1.87. The van der Waals surface area contributed by atoms with Crippen LogP contribution in [0.3, 0.4) is 0 Å². The molecule has 0 unspecified atom stereocenters. The van der Waals surface area contributed by atoms with Crippen molar-refractivity contribution in [2.45, 2.75) is 33.9 Å². The Morgan fingerprint density at radius 1 is 0.857 bits per heavy atom. The number of rotatable bonds is 10. The number of carbonyl (C=O) groups is 2. The van der Waals surface area contributed by atoms with Gasteiger partial charge in [0.1, 0.15) is 6.67 Å². The molecule has 186 valence electrons. The molecule has 1 aromatic rings. The normalized spacial score (nSPS) is 8.29. The van der Waals surface area contributed by atoms with Gasteiger partial charge < -0.3 is 30.4 Å². The van der Waals surface area contributed by atoms with E-state index < -0.39 is 49.0 Å². The Balaban J connectivity index is -0.000000286. The largest absolute Gasteiger partial charge is 0.520 e. The molecule has 0 spiro atoms. The second kappa shape index (κ2) is 21.9. The summed E-state index contributed by atoms with van der Waals surface area (Å²) in [6.45, 7) is 7.42. The van der Waals surface area contributed by atoms with Crippen LogP contribution in [0.15, 0.2) is 43.7 Å². The number of carboxylic acid groups (broad SMARTS) is 2. The van der Waals surface area contributed by atoms with Gasteiger partial charge in [-0.3, -0.25) is 0 Å². The summed E-state index contributed by atoms with van der Waals surface area (Å²) < 4.78 is 1.42. The first kappa shape index (κ1) is 39.6. The first-order valence-electron chi connectivity index (χ1n) is 8.32. The van der Waals surface area contributed by atoms with Crippen molar-refractivity contribution in [3.63, 3.8) is 0 Å². The SMILES string of the molecule is C=C(C)C(=O)O.C=C(C)C(=O)O.O=C=NCn1c(=O)n(CN[C-]=O)c(=O)n(CN[C-]=O)c1=O.[Y].[Y]. The van der Waals surface area contributed by atoms with Gasteiger partial charge in [-0.2, -0.15) is 17.8 Å². The standard InChI is InChI=1S/C9H8N6O6.2C4H6O2.2Y/c16-4-10-1-13-7(19)14(2-11-5-17)9(21)15(8(13)20)3-12-6-18;2*1-3(2)4(5)6;;/h1-3H2,(H,10,16)(H,11,17);2*1H2,2H3,(H,5,6);;/q-2;;;;. The van der Waals surface area contributed by atoms with Crippen molar-refractivity contribution in [3.05, 3.63) is 55.8 Å². The Kier molecular flexibility index (Phi) is 24.7. The molecule has 18 heteroatoms. The van der Waals surface area contributed by atoms with Crippen LogP contribution < -0.4 is 27.7 Å². The van der Waals surface area contributed by atoms with Crippen LogP contribution in [0.2, 0.25) is 0 Å². The van der Waals surface area contributed by atoms with E-state index in [-0.39, 0.29) is 76.6 Å². The van der Waals surface area contributed by atoms with Crippen LogP contribution in [0.4, 0.5) is 0 Å². The molecule has 0 bridgehead atoms. The van der Waals surface area contributed by atoms with E-state index in [4.69, 9.17) is 10.2 Å². The fourth-order valence-electron chi connectivity index (χ4n) is 1.40. The van der Waals surface area contributed by atoms with Crippen molar-refractivity contribution in [3.8, 4) is 0 Å². The predicted octanol–water partition coefficient (Wildman–Crippen LogP) is -3.02. The number of isocyanates is 1. The number of aromatic nitrogens is 3. The third-order valence-corrected chi connectivity index (χ3v) is 3.01. The Bertz CT molecular complexity index is 1030. The summed E-state index contributed by atoms with van der Waals surface area (Å²) in [5.41, 5.74) is -2.93. The number of carbonyl (C=O) groups excluding carboxylic acids is 3. The van der Waals surface area contributed by atoms with Crippen LogP contribution in [0, 0.1) is 0 Å². The van der Waals surface area contributed by atoms with E-state index in [9.17, 15) is 38.4 Å². The minimum Gasteiger partial charge on any atom is -0.520 e. The molecular formula is C17H20N6O10Y2-2. The number of nitrogens with zero attached hydrogens (tertiary/aromatic N) is 4. The molecule has 0 saturated heterocycles. The van der Waals surface area contributed by atoms with Crippen molar-refractivity contribution in [1.29, 1.82) is 0 Å². The molecule has 0 aliphatic carbocycles. The maximum Gasteiger partial charge on any atom is 0.339 e. The molecule has 0 atom stereocenters. The van der Waals surface area contributed by atoms with E-state index in [1.54, 1.807) is 0 Å². The van der Waals surface area contributed by atoms with Gasteiger partial charge in [0.05, 0.1) is 13.3 Å². The monoisotopic (exact) mass is 646 g/mol. The number of aliphatic carboxylic acids is 2. The van der Waals surface area contributed by atoms with Gasteiger partial charge in [0.25, 0.3) is 0 Å². The van der Waals surface area contributed by atoms with Crippen LogP contribution in [0.5, 0.6) is 0 Å². The van der Waals surface area contributed by atoms with Crippen molar-refractivity contribution in [2.24, 2.45) is 4.99 Å². The summed E-state index contributed by atoms with van der Waals surface area (Å²) in [7, 11) is 0. The van der Waals surface area contributed by atoms with E-state index in [0.29, 0.717) is 13.7 Å². The molecule has 35 heavy (non-hydrogen) atoms. The van der Waals surface area contributed by atoms with Crippen LogP contribution in [0.1, 0.15) is 13.8 Å². The molecule has 0 fully saturated rings. The first-order valence-corrected chi connectivity index (χ1v) is 8.32. The van der Waals surface area contributed by atoms with Crippen molar-refractivity contribution in [2.75, 3.05) is 0 Å². The average molecular weight is 646 g/mol. The van der Waals surface area contributed by atoms with E-state index in [0.717, 1.165) is 6.08 Å². The molecule has 16 nitrogen and oxygen atoms in total. The van der Waals surface area contributed by atoms with E-state index >= 15 is 0 Å². The van der Waals surface area contributed by atoms with Crippen molar-refractivity contribution in [1.82, 2.24) is 24.3 Å². The molecule has 0 aromatic carbocycles. The second-order valence-corrected chi connectivity index (χ2v) is 5.57. The van der Waals surface area contributed by atoms with Crippen molar-refractivity contribution >= 4 is 30.8 Å². The average Bonchev–Trinajstić information content (AvgIpc) is 2.74. The van der Waals surface area contributed by atoms with E-state index in [1.807, 2.05) is 10.6 Å². The van der Waals surface area contributed by atoms with Crippen LogP contribution in [-0.2, 0) is 109 Å². The molecule has 0 aliphatic heterocycles. The molecular weight excluding hydrogens is 626 g/mol. The van der Waals surface area contributed by atoms with Gasteiger partial charge in [-0.25, -0.2) is 42.5 Å². The third kappa shape index (κ3) is 15.8. The number of hydrogen-bond acceptors (Lipinski definition) is 9. The Hall–Kier alpha value is -2.64. The molecule has 4 N–H and O–H groups in total. The van der Waals surface area contributed by atoms with Gasteiger partial charge in [-0.1, -0.05) is 13.2 Å². The minimum absolute atomic E-state index is 0. The summed E-state index contributed by atoms with van der Waals surface area (Å²) in [6.07, 6.45) is 3.64. The van der Waals surface area contributed by atoms with Gasteiger partial charge in [0.2, 0.25) is 6.08 Å². The molecule has 2 amide bonds. The number of hydrogen-bond donors (Lipinski definition) is 4. The van der Waals surface area contributed by atoms with E-state index in [2.05, 4.69) is 18.2 Å². The number of amides is 2. The maximum absolute atomic E-state index is 11.9. The molecule has 1 aromatic heterocycles. The number of aliphatic imine (C=N–C) groups is 1. The zero-order chi connectivity index (χ0) is 26.1. The van der Waals surface area contributed by atoms with Crippen LogP contribution in [0.25, 0.3) is 0 Å².